The smallest absolute Gasteiger partial charge is 0.272 e. The first-order valence-electron chi connectivity index (χ1n) is 13.5. The maximum atomic E-state index is 12.3. The molecule has 0 atom stereocenters. The molecule has 0 spiro atoms. The van der Waals surface area contributed by atoms with Crippen molar-refractivity contribution in [2.45, 2.75) is 38.5 Å². The molecule has 3 heterocycles. The van der Waals surface area contributed by atoms with Gasteiger partial charge in [-0.15, -0.1) is 0 Å². The second-order valence-corrected chi connectivity index (χ2v) is 10.6. The molecule has 36 heavy (non-hydrogen) atoms. The van der Waals surface area contributed by atoms with Crippen molar-refractivity contribution >= 4 is 22.2 Å². The highest BCUT2D eigenvalue weighted by atomic mass is 16.5. The van der Waals surface area contributed by atoms with Crippen molar-refractivity contribution in [1.82, 2.24) is 14.3 Å². The van der Waals surface area contributed by atoms with Crippen molar-refractivity contribution in [3.63, 3.8) is 0 Å². The van der Waals surface area contributed by atoms with Gasteiger partial charge in [0.15, 0.2) is 0 Å². The van der Waals surface area contributed by atoms with Crippen LogP contribution in [0.5, 0.6) is 5.75 Å². The average molecular weight is 485 g/mol. The lowest BCUT2D eigenvalue weighted by Gasteiger charge is -2.37. The summed E-state index contributed by atoms with van der Waals surface area (Å²) >= 11 is 0. The number of aromatic amines is 1. The van der Waals surface area contributed by atoms with Crippen molar-refractivity contribution in [2.75, 3.05) is 44.2 Å². The summed E-state index contributed by atoms with van der Waals surface area (Å²) in [6.07, 6.45) is 6.77. The van der Waals surface area contributed by atoms with Gasteiger partial charge >= 0.3 is 0 Å². The van der Waals surface area contributed by atoms with Gasteiger partial charge in [-0.3, -0.25) is 9.69 Å². The van der Waals surface area contributed by atoms with Crippen LogP contribution in [-0.2, 0) is 0 Å². The van der Waals surface area contributed by atoms with Gasteiger partial charge in [0.2, 0.25) is 0 Å². The van der Waals surface area contributed by atoms with Crippen LogP contribution in [0.2, 0.25) is 0 Å². The number of nitrogens with one attached hydrogen (secondary N) is 1. The minimum absolute atomic E-state index is 0.0786. The van der Waals surface area contributed by atoms with Gasteiger partial charge in [0.1, 0.15) is 11.3 Å². The van der Waals surface area contributed by atoms with E-state index in [0.717, 1.165) is 74.2 Å². The minimum atomic E-state index is -0.0786. The number of anilines is 1. The Morgan fingerprint density at radius 1 is 0.944 bits per heavy atom. The molecule has 1 N–H and O–H groups in total. The number of hydrogen-bond donors (Lipinski definition) is 1. The molecule has 0 amide bonds. The normalized spacial score (nSPS) is 20.6. The zero-order chi connectivity index (χ0) is 24.5. The lowest BCUT2D eigenvalue weighted by Crippen LogP contribution is -2.46. The Morgan fingerprint density at radius 3 is 2.53 bits per heavy atom. The highest BCUT2D eigenvalue weighted by Crippen LogP contribution is 2.41. The molecule has 188 valence electrons. The van der Waals surface area contributed by atoms with Gasteiger partial charge in [0.05, 0.1) is 17.6 Å². The van der Waals surface area contributed by atoms with E-state index in [9.17, 15) is 4.79 Å². The number of nitrogens with zero attached hydrogens (tertiary/aromatic N) is 3. The maximum absolute atomic E-state index is 12.3. The van der Waals surface area contributed by atoms with Crippen molar-refractivity contribution in [3.05, 3.63) is 76.7 Å². The first kappa shape index (κ1) is 23.2. The van der Waals surface area contributed by atoms with Crippen LogP contribution in [-0.4, -0.2) is 53.6 Å². The van der Waals surface area contributed by atoms with E-state index in [1.807, 2.05) is 40.9 Å². The molecule has 6 nitrogen and oxygen atoms in total. The fraction of sp³-hybridized carbons (Fsp3) is 0.433. The molecule has 1 saturated carbocycles. The van der Waals surface area contributed by atoms with Crippen LogP contribution in [0.15, 0.2) is 65.6 Å². The third-order valence-electron chi connectivity index (χ3n) is 8.07. The van der Waals surface area contributed by atoms with Gasteiger partial charge in [-0.05, 0) is 86.0 Å². The van der Waals surface area contributed by atoms with E-state index in [4.69, 9.17) is 4.74 Å². The predicted octanol–water partition coefficient (Wildman–Crippen LogP) is 5.28. The molecule has 6 rings (SSSR count). The molecule has 1 aliphatic heterocycles. The first-order valence-corrected chi connectivity index (χ1v) is 13.5. The van der Waals surface area contributed by atoms with E-state index in [1.165, 1.54) is 24.1 Å². The Morgan fingerprint density at radius 2 is 1.75 bits per heavy atom. The van der Waals surface area contributed by atoms with E-state index in [2.05, 4.69) is 46.0 Å². The second-order valence-electron chi connectivity index (χ2n) is 10.6. The van der Waals surface area contributed by atoms with Gasteiger partial charge in [0, 0.05) is 44.1 Å². The molecule has 6 heteroatoms. The summed E-state index contributed by atoms with van der Waals surface area (Å²) in [4.78, 5) is 20.3. The largest absolute Gasteiger partial charge is 0.494 e. The number of aromatic nitrogens is 2. The van der Waals surface area contributed by atoms with Crippen molar-refractivity contribution < 1.29 is 4.74 Å². The Balaban J connectivity index is 0.928. The zero-order valence-electron chi connectivity index (χ0n) is 21.2. The summed E-state index contributed by atoms with van der Waals surface area (Å²) in [5.74, 6) is 2.49. The number of H-pyrrole nitrogens is 1. The summed E-state index contributed by atoms with van der Waals surface area (Å²) in [6, 6.07) is 19.0. The van der Waals surface area contributed by atoms with Gasteiger partial charge < -0.3 is 19.0 Å². The van der Waals surface area contributed by atoms with Crippen molar-refractivity contribution in [2.24, 2.45) is 5.92 Å². The monoisotopic (exact) mass is 484 g/mol. The molecular formula is C30H36N4O2. The predicted molar refractivity (Wildman–Crippen MR) is 146 cm³/mol. The van der Waals surface area contributed by atoms with E-state index in [-0.39, 0.29) is 5.56 Å². The average Bonchev–Trinajstić information content (AvgIpc) is 3.38. The van der Waals surface area contributed by atoms with Crippen LogP contribution in [0, 0.1) is 5.92 Å². The van der Waals surface area contributed by atoms with E-state index >= 15 is 0 Å². The number of piperazine rings is 1. The summed E-state index contributed by atoms with van der Waals surface area (Å²) in [6.45, 7) is 8.59. The third kappa shape index (κ3) is 4.74. The molecule has 4 aromatic rings. The molecule has 2 aromatic carbocycles. The summed E-state index contributed by atoms with van der Waals surface area (Å²) in [7, 11) is 0. The highest BCUT2D eigenvalue weighted by molar-refractivity contribution is 5.79. The Hall–Kier alpha value is -3.25. The second kappa shape index (κ2) is 10.0. The zero-order valence-corrected chi connectivity index (χ0v) is 21.2. The van der Waals surface area contributed by atoms with Crippen LogP contribution in [0.1, 0.15) is 44.1 Å². The molecular weight excluding hydrogens is 448 g/mol. The molecule has 2 aromatic heterocycles. The molecule has 1 saturated heterocycles. The molecule has 0 bridgehead atoms. The van der Waals surface area contributed by atoms with Gasteiger partial charge in [-0.1, -0.05) is 19.1 Å². The Labute approximate surface area is 212 Å². The van der Waals surface area contributed by atoms with Crippen molar-refractivity contribution in [1.29, 1.82) is 0 Å². The SMILES string of the molecule is CC1CC(c2ccc(N3CCN(CCCCOc4ccc5c(c4)[nH]c(=O)c4cccn45)CC3)cc2)C1. The summed E-state index contributed by atoms with van der Waals surface area (Å²) in [5.41, 5.74) is 5.25. The summed E-state index contributed by atoms with van der Waals surface area (Å²) in [5, 5.41) is 0. The van der Waals surface area contributed by atoms with E-state index in [1.54, 1.807) is 0 Å². The van der Waals surface area contributed by atoms with E-state index < -0.39 is 0 Å². The number of rotatable bonds is 8. The molecule has 0 unspecified atom stereocenters. The molecule has 0 radical (unpaired) electrons. The number of ether oxygens (including phenoxy) is 1. The first-order chi connectivity index (χ1) is 17.6. The number of benzene rings is 2. The topological polar surface area (TPSA) is 53.0 Å². The highest BCUT2D eigenvalue weighted by Gasteiger charge is 2.26. The Kier molecular flexibility index (Phi) is 6.45. The molecule has 2 fully saturated rings. The van der Waals surface area contributed by atoms with Crippen LogP contribution in [0.25, 0.3) is 16.6 Å². The number of unbranched alkanes of at least 4 members (excludes halogenated alkanes) is 1. The third-order valence-corrected chi connectivity index (χ3v) is 8.07. The van der Waals surface area contributed by atoms with Crippen LogP contribution in [0.4, 0.5) is 5.69 Å². The lowest BCUT2D eigenvalue weighted by molar-refractivity contribution is 0.238. The van der Waals surface area contributed by atoms with Gasteiger partial charge in [0.25, 0.3) is 5.56 Å². The van der Waals surface area contributed by atoms with E-state index in [0.29, 0.717) is 12.1 Å². The van der Waals surface area contributed by atoms with Crippen LogP contribution >= 0.6 is 0 Å². The van der Waals surface area contributed by atoms with Gasteiger partial charge in [-0.2, -0.15) is 0 Å². The fourth-order valence-corrected chi connectivity index (χ4v) is 5.87. The van der Waals surface area contributed by atoms with Crippen LogP contribution < -0.4 is 15.2 Å². The van der Waals surface area contributed by atoms with Crippen molar-refractivity contribution in [3.8, 4) is 5.75 Å². The summed E-state index contributed by atoms with van der Waals surface area (Å²) < 4.78 is 7.92. The lowest BCUT2D eigenvalue weighted by atomic mass is 9.72. The number of hydrogen-bond acceptors (Lipinski definition) is 4. The minimum Gasteiger partial charge on any atom is -0.494 e. The maximum Gasteiger partial charge on any atom is 0.272 e. The Bertz CT molecular complexity index is 1380. The quantitative estimate of drug-likeness (QED) is 0.346. The fourth-order valence-electron chi connectivity index (χ4n) is 5.87. The van der Waals surface area contributed by atoms with Gasteiger partial charge in [-0.25, -0.2) is 0 Å². The molecule has 2 aliphatic rings. The molecule has 1 aliphatic carbocycles. The number of fused-ring (bicyclic) bond motifs is 3. The van der Waals surface area contributed by atoms with Crippen LogP contribution in [0.3, 0.4) is 0 Å². The standard InChI is InChI=1S/C30H36N4O2/c1-22-19-24(20-22)23-6-8-25(9-7-23)33-16-14-32(15-17-33)12-2-3-18-36-26-10-11-28-27(21-26)31-30(35)29-5-4-13-34(28)29/h4-11,13,21-22,24H,2-3,12,14-20H2,1H3,(H,31,35).